The topological polar surface area (TPSA) is 129 Å². The van der Waals surface area contributed by atoms with Crippen molar-refractivity contribution >= 4 is 17.1 Å². The number of aromatic nitrogens is 1. The molecule has 0 unspecified atom stereocenters. The summed E-state index contributed by atoms with van der Waals surface area (Å²) in [5.41, 5.74) is 0. The first kappa shape index (κ1) is 15.3. The largest absolute Gasteiger partial charge is 0.437 e. The van der Waals surface area contributed by atoms with Gasteiger partial charge in [0.1, 0.15) is 24.4 Å². The predicted molar refractivity (Wildman–Crippen MR) is 66.5 cm³/mol. The molecular weight excluding hydrogens is 290 g/mol. The van der Waals surface area contributed by atoms with Gasteiger partial charge in [0.15, 0.2) is 5.78 Å². The Hall–Kier alpha value is -1.10. The van der Waals surface area contributed by atoms with E-state index in [4.69, 9.17) is 14.6 Å². The van der Waals surface area contributed by atoms with Gasteiger partial charge in [0.2, 0.25) is 6.29 Å². The quantitative estimate of drug-likeness (QED) is 0.496. The normalized spacial score (nSPS) is 34.0. The van der Waals surface area contributed by atoms with Crippen molar-refractivity contribution in [2.75, 3.05) is 6.61 Å². The molecule has 0 saturated carbocycles. The van der Waals surface area contributed by atoms with E-state index in [-0.39, 0.29) is 11.0 Å². The van der Waals surface area contributed by atoms with Crippen LogP contribution in [0.1, 0.15) is 16.6 Å². The fourth-order valence-electron chi connectivity index (χ4n) is 1.74. The first-order valence-corrected chi connectivity index (χ1v) is 6.69. The Morgan fingerprint density at radius 1 is 1.40 bits per heavy atom. The second kappa shape index (κ2) is 6.12. The van der Waals surface area contributed by atoms with Crippen LogP contribution in [0.5, 0.6) is 5.19 Å². The number of hydrogen-bond donors (Lipinski definition) is 4. The van der Waals surface area contributed by atoms with Gasteiger partial charge in [-0.2, -0.15) is 0 Å². The molecule has 1 saturated heterocycles. The Morgan fingerprint density at radius 2 is 2.10 bits per heavy atom. The molecule has 2 heterocycles. The van der Waals surface area contributed by atoms with E-state index in [2.05, 4.69) is 4.98 Å². The molecule has 1 aliphatic rings. The van der Waals surface area contributed by atoms with Gasteiger partial charge in [-0.05, 0) is 0 Å². The number of rotatable bonds is 4. The smallest absolute Gasteiger partial charge is 0.276 e. The molecule has 0 aromatic carbocycles. The van der Waals surface area contributed by atoms with Crippen LogP contribution in [0.2, 0.25) is 0 Å². The minimum atomic E-state index is -1.52. The lowest BCUT2D eigenvalue weighted by molar-refractivity contribution is -0.277. The number of nitrogens with zero attached hydrogens (tertiary/aromatic N) is 1. The van der Waals surface area contributed by atoms with Gasteiger partial charge in [0.25, 0.3) is 5.19 Å². The van der Waals surface area contributed by atoms with E-state index in [1.807, 2.05) is 0 Å². The number of carbonyl (C=O) groups excluding carboxylic acids is 1. The van der Waals surface area contributed by atoms with Gasteiger partial charge in [-0.25, -0.2) is 4.98 Å². The van der Waals surface area contributed by atoms with Crippen LogP contribution in [0, 0.1) is 0 Å². The van der Waals surface area contributed by atoms with E-state index >= 15 is 0 Å². The number of carbonyl (C=O) groups is 1. The number of aliphatic hydroxyl groups is 4. The summed E-state index contributed by atoms with van der Waals surface area (Å²) in [5, 5.41) is 38.1. The Bertz CT molecular complexity index is 477. The predicted octanol–water partition coefficient (Wildman–Crippen LogP) is -1.48. The zero-order valence-corrected chi connectivity index (χ0v) is 11.4. The minimum Gasteiger partial charge on any atom is -0.437 e. The van der Waals surface area contributed by atoms with Crippen LogP contribution in [-0.4, -0.2) is 68.5 Å². The van der Waals surface area contributed by atoms with Crippen molar-refractivity contribution in [2.45, 2.75) is 37.6 Å². The van der Waals surface area contributed by atoms with E-state index < -0.39 is 37.3 Å². The summed E-state index contributed by atoms with van der Waals surface area (Å²) in [4.78, 5) is 15.4. The van der Waals surface area contributed by atoms with E-state index in [0.29, 0.717) is 4.88 Å². The van der Waals surface area contributed by atoms with Gasteiger partial charge >= 0.3 is 0 Å². The van der Waals surface area contributed by atoms with Crippen molar-refractivity contribution in [2.24, 2.45) is 0 Å². The molecule has 0 bridgehead atoms. The van der Waals surface area contributed by atoms with Crippen LogP contribution in [0.4, 0.5) is 0 Å². The highest BCUT2D eigenvalue weighted by atomic mass is 32.1. The Balaban J connectivity index is 2.08. The summed E-state index contributed by atoms with van der Waals surface area (Å²) in [6.07, 6.45) is -5.48. The number of ketones is 1. The standard InChI is InChI=1S/C11H15NO7S/c1-4(14)6-2-12-11(20-6)19-10-9(17)8(16)7(15)5(3-13)18-10/h2,5,7-10,13,15-17H,3H2,1H3/t5-,7-,8+,9+,10+/m1/s1. The third-order valence-corrected chi connectivity index (χ3v) is 3.89. The Morgan fingerprint density at radius 3 is 2.65 bits per heavy atom. The van der Waals surface area contributed by atoms with E-state index in [1.165, 1.54) is 13.1 Å². The molecule has 2 rings (SSSR count). The number of Topliss-reactive ketones (excluding diaryl/α,β-unsaturated/α-hetero) is 1. The van der Waals surface area contributed by atoms with Gasteiger partial charge in [-0.1, -0.05) is 11.3 Å². The molecule has 1 fully saturated rings. The second-order valence-electron chi connectivity index (χ2n) is 4.36. The molecule has 112 valence electrons. The third kappa shape index (κ3) is 2.97. The molecule has 4 N–H and O–H groups in total. The van der Waals surface area contributed by atoms with Crippen LogP contribution >= 0.6 is 11.3 Å². The van der Waals surface area contributed by atoms with E-state index in [0.717, 1.165) is 11.3 Å². The summed E-state index contributed by atoms with van der Waals surface area (Å²) >= 11 is 0.967. The van der Waals surface area contributed by atoms with Gasteiger partial charge in [-0.3, -0.25) is 4.79 Å². The fourth-order valence-corrected chi connectivity index (χ4v) is 2.43. The maximum atomic E-state index is 11.1. The summed E-state index contributed by atoms with van der Waals surface area (Å²) < 4.78 is 10.4. The number of hydrogen-bond acceptors (Lipinski definition) is 9. The first-order chi connectivity index (χ1) is 9.43. The van der Waals surface area contributed by atoms with E-state index in [1.54, 1.807) is 0 Å². The monoisotopic (exact) mass is 305 g/mol. The maximum Gasteiger partial charge on any atom is 0.276 e. The first-order valence-electron chi connectivity index (χ1n) is 5.88. The lowest BCUT2D eigenvalue weighted by Gasteiger charge is -2.39. The highest BCUT2D eigenvalue weighted by molar-refractivity contribution is 7.15. The molecule has 1 aliphatic heterocycles. The maximum absolute atomic E-state index is 11.1. The third-order valence-electron chi connectivity index (χ3n) is 2.90. The summed E-state index contributed by atoms with van der Waals surface area (Å²) in [6.45, 7) is 0.840. The lowest BCUT2D eigenvalue weighted by Crippen LogP contribution is -2.60. The van der Waals surface area contributed by atoms with Gasteiger partial charge in [-0.15, -0.1) is 0 Å². The molecular formula is C11H15NO7S. The molecule has 0 radical (unpaired) electrons. The SMILES string of the molecule is CC(=O)c1cnc(O[C@@H]2O[C@H](CO)[C@@H](O)[C@H](O)[C@@H]2O)s1. The fraction of sp³-hybridized carbons (Fsp3) is 0.636. The van der Waals surface area contributed by atoms with E-state index in [9.17, 15) is 20.1 Å². The second-order valence-corrected chi connectivity index (χ2v) is 5.35. The summed E-state index contributed by atoms with van der Waals surface area (Å²) in [6, 6.07) is 0. The molecule has 0 aliphatic carbocycles. The van der Waals surface area contributed by atoms with Gasteiger partial charge < -0.3 is 29.9 Å². The number of thiazole rings is 1. The molecule has 20 heavy (non-hydrogen) atoms. The summed E-state index contributed by atoms with van der Waals surface area (Å²) in [5.74, 6) is -0.175. The van der Waals surface area contributed by atoms with Crippen LogP contribution in [0.25, 0.3) is 0 Å². The average molecular weight is 305 g/mol. The zero-order chi connectivity index (χ0) is 14.9. The van der Waals surface area contributed by atoms with Crippen molar-refractivity contribution in [3.05, 3.63) is 11.1 Å². The van der Waals surface area contributed by atoms with Crippen LogP contribution in [0.3, 0.4) is 0 Å². The molecule has 5 atom stereocenters. The number of ether oxygens (including phenoxy) is 2. The average Bonchev–Trinajstić information content (AvgIpc) is 2.88. The highest BCUT2D eigenvalue weighted by Crippen LogP contribution is 2.27. The molecule has 1 aromatic heterocycles. The Labute approximate surface area is 118 Å². The van der Waals surface area contributed by atoms with Crippen molar-refractivity contribution in [3.63, 3.8) is 0 Å². The van der Waals surface area contributed by atoms with Gasteiger partial charge in [0, 0.05) is 6.92 Å². The highest BCUT2D eigenvalue weighted by Gasteiger charge is 2.45. The Kier molecular flexibility index (Phi) is 4.68. The van der Waals surface area contributed by atoms with Crippen LogP contribution in [0.15, 0.2) is 6.20 Å². The number of aliphatic hydroxyl groups excluding tert-OH is 4. The van der Waals surface area contributed by atoms with Crippen molar-refractivity contribution in [1.29, 1.82) is 0 Å². The zero-order valence-electron chi connectivity index (χ0n) is 10.5. The molecule has 0 amide bonds. The molecule has 9 heteroatoms. The lowest BCUT2D eigenvalue weighted by atomic mass is 9.99. The molecule has 8 nitrogen and oxygen atoms in total. The summed E-state index contributed by atoms with van der Waals surface area (Å²) in [7, 11) is 0. The van der Waals surface area contributed by atoms with Crippen molar-refractivity contribution < 1.29 is 34.7 Å². The minimum absolute atomic E-state index is 0.0829. The van der Waals surface area contributed by atoms with Crippen molar-refractivity contribution in [1.82, 2.24) is 4.98 Å². The van der Waals surface area contributed by atoms with Gasteiger partial charge in [0.05, 0.1) is 17.7 Å². The van der Waals surface area contributed by atoms with Crippen LogP contribution in [-0.2, 0) is 4.74 Å². The molecule has 1 aromatic rings. The molecule has 0 spiro atoms. The van der Waals surface area contributed by atoms with Crippen molar-refractivity contribution in [3.8, 4) is 5.19 Å². The van der Waals surface area contributed by atoms with Crippen LogP contribution < -0.4 is 4.74 Å².